The van der Waals surface area contributed by atoms with Gasteiger partial charge in [0.25, 0.3) is 5.91 Å². The van der Waals surface area contributed by atoms with E-state index in [2.05, 4.69) is 5.10 Å². The fourth-order valence-corrected chi connectivity index (χ4v) is 3.05. The van der Waals surface area contributed by atoms with Gasteiger partial charge in [0.1, 0.15) is 16.9 Å². The Balaban J connectivity index is 1.79. The number of nitrogens with zero attached hydrogens (tertiary/aromatic N) is 3. The summed E-state index contributed by atoms with van der Waals surface area (Å²) < 4.78 is 20.1. The van der Waals surface area contributed by atoms with Crippen molar-refractivity contribution >= 4 is 11.9 Å². The summed E-state index contributed by atoms with van der Waals surface area (Å²) >= 11 is 0. The largest absolute Gasteiger partial charge is 0.481 e. The molecule has 1 N–H and O–H groups in total. The lowest BCUT2D eigenvalue weighted by Crippen LogP contribution is -2.40. The van der Waals surface area contributed by atoms with E-state index in [-0.39, 0.29) is 30.4 Å². The SMILES string of the molecule is COCC1(C(=O)O)CCN(C(=O)c2ccn(-c3ccccc3F)n2)C1. The van der Waals surface area contributed by atoms with Crippen molar-refractivity contribution in [1.29, 1.82) is 0 Å². The van der Waals surface area contributed by atoms with E-state index in [1.165, 1.54) is 35.0 Å². The van der Waals surface area contributed by atoms with Crippen LogP contribution in [-0.2, 0) is 9.53 Å². The van der Waals surface area contributed by atoms with E-state index in [1.807, 2.05) is 0 Å². The second-order valence-corrected chi connectivity index (χ2v) is 6.09. The van der Waals surface area contributed by atoms with Crippen molar-refractivity contribution in [3.63, 3.8) is 0 Å². The predicted molar refractivity (Wildman–Crippen MR) is 86.0 cm³/mol. The Morgan fingerprint density at radius 2 is 2.12 bits per heavy atom. The minimum Gasteiger partial charge on any atom is -0.481 e. The molecule has 1 aromatic carbocycles. The third kappa shape index (κ3) is 3.12. The monoisotopic (exact) mass is 347 g/mol. The Morgan fingerprint density at radius 3 is 2.80 bits per heavy atom. The molecule has 8 heteroatoms. The first kappa shape index (κ1) is 17.1. The first-order chi connectivity index (χ1) is 12.0. The predicted octanol–water partition coefficient (Wildman–Crippen LogP) is 1.57. The molecule has 1 unspecified atom stereocenters. The lowest BCUT2D eigenvalue weighted by Gasteiger charge is -2.23. The molecule has 1 atom stereocenters. The van der Waals surface area contributed by atoms with Crippen molar-refractivity contribution in [2.24, 2.45) is 5.41 Å². The molecule has 1 aliphatic rings. The molecule has 1 fully saturated rings. The van der Waals surface area contributed by atoms with Crippen LogP contribution in [0, 0.1) is 11.2 Å². The van der Waals surface area contributed by atoms with Crippen LogP contribution in [0.15, 0.2) is 36.5 Å². The van der Waals surface area contributed by atoms with Gasteiger partial charge in [-0.25, -0.2) is 9.07 Å². The number of rotatable bonds is 5. The van der Waals surface area contributed by atoms with Crippen LogP contribution in [0.4, 0.5) is 4.39 Å². The first-order valence-electron chi connectivity index (χ1n) is 7.79. The molecule has 1 amide bonds. The number of hydrogen-bond acceptors (Lipinski definition) is 4. The van der Waals surface area contributed by atoms with Crippen molar-refractivity contribution in [2.45, 2.75) is 6.42 Å². The molecule has 7 nitrogen and oxygen atoms in total. The number of benzene rings is 1. The van der Waals surface area contributed by atoms with E-state index in [9.17, 15) is 19.1 Å². The van der Waals surface area contributed by atoms with Gasteiger partial charge < -0.3 is 14.7 Å². The number of ether oxygens (including phenoxy) is 1. The molecule has 2 aromatic rings. The van der Waals surface area contributed by atoms with Gasteiger partial charge in [0.2, 0.25) is 0 Å². The van der Waals surface area contributed by atoms with Crippen LogP contribution in [0.25, 0.3) is 5.69 Å². The molecule has 0 bridgehead atoms. The van der Waals surface area contributed by atoms with Crippen molar-refractivity contribution in [3.05, 3.63) is 48.0 Å². The summed E-state index contributed by atoms with van der Waals surface area (Å²) in [4.78, 5) is 25.6. The summed E-state index contributed by atoms with van der Waals surface area (Å²) in [5.74, 6) is -1.81. The number of aromatic nitrogens is 2. The van der Waals surface area contributed by atoms with Crippen molar-refractivity contribution in [1.82, 2.24) is 14.7 Å². The van der Waals surface area contributed by atoms with Gasteiger partial charge in [-0.3, -0.25) is 9.59 Å². The zero-order valence-electron chi connectivity index (χ0n) is 13.7. The van der Waals surface area contributed by atoms with Crippen LogP contribution in [-0.4, -0.2) is 58.5 Å². The van der Waals surface area contributed by atoms with Gasteiger partial charge in [-0.05, 0) is 24.6 Å². The highest BCUT2D eigenvalue weighted by Crippen LogP contribution is 2.32. The van der Waals surface area contributed by atoms with E-state index >= 15 is 0 Å². The summed E-state index contributed by atoms with van der Waals surface area (Å²) in [6.07, 6.45) is 1.82. The molecule has 132 valence electrons. The fourth-order valence-electron chi connectivity index (χ4n) is 3.05. The number of hydrogen-bond donors (Lipinski definition) is 1. The molecule has 3 rings (SSSR count). The van der Waals surface area contributed by atoms with Crippen LogP contribution in [0.3, 0.4) is 0 Å². The molecule has 0 aliphatic carbocycles. The minimum atomic E-state index is -1.10. The number of halogens is 1. The van der Waals surface area contributed by atoms with E-state index in [1.54, 1.807) is 18.2 Å². The van der Waals surface area contributed by atoms with Crippen molar-refractivity contribution in [2.75, 3.05) is 26.8 Å². The summed E-state index contributed by atoms with van der Waals surface area (Å²) in [6.45, 7) is 0.401. The lowest BCUT2D eigenvalue weighted by molar-refractivity contribution is -0.151. The number of methoxy groups -OCH3 is 1. The molecule has 25 heavy (non-hydrogen) atoms. The van der Waals surface area contributed by atoms with Crippen molar-refractivity contribution in [3.8, 4) is 5.69 Å². The molecule has 2 heterocycles. The number of carboxylic acid groups (broad SMARTS) is 1. The minimum absolute atomic E-state index is 0.0375. The number of carboxylic acids is 1. The van der Waals surface area contributed by atoms with E-state index < -0.39 is 17.2 Å². The summed E-state index contributed by atoms with van der Waals surface area (Å²) in [6, 6.07) is 7.60. The number of carbonyl (C=O) groups is 2. The second-order valence-electron chi connectivity index (χ2n) is 6.09. The van der Waals surface area contributed by atoms with E-state index in [0.717, 1.165) is 0 Å². The van der Waals surface area contributed by atoms with Gasteiger partial charge in [-0.15, -0.1) is 0 Å². The smallest absolute Gasteiger partial charge is 0.313 e. The summed E-state index contributed by atoms with van der Waals surface area (Å²) in [5, 5.41) is 13.6. The van der Waals surface area contributed by atoms with Gasteiger partial charge in [-0.2, -0.15) is 5.10 Å². The van der Waals surface area contributed by atoms with Gasteiger partial charge in [0.05, 0.1) is 6.61 Å². The first-order valence-corrected chi connectivity index (χ1v) is 7.79. The Bertz CT molecular complexity index is 807. The summed E-state index contributed by atoms with van der Waals surface area (Å²) in [5.41, 5.74) is -0.720. The van der Waals surface area contributed by atoms with Gasteiger partial charge in [0, 0.05) is 26.4 Å². The lowest BCUT2D eigenvalue weighted by atomic mass is 9.88. The number of carbonyl (C=O) groups excluding carboxylic acids is 1. The maximum Gasteiger partial charge on any atom is 0.313 e. The maximum atomic E-state index is 13.8. The molecule has 0 radical (unpaired) electrons. The number of likely N-dealkylation sites (tertiary alicyclic amines) is 1. The molecular weight excluding hydrogens is 329 g/mol. The Morgan fingerprint density at radius 1 is 1.36 bits per heavy atom. The van der Waals surface area contributed by atoms with Crippen LogP contribution in [0.1, 0.15) is 16.9 Å². The molecule has 1 aliphatic heterocycles. The average Bonchev–Trinajstić information content (AvgIpc) is 3.23. The highest BCUT2D eigenvalue weighted by Gasteiger charge is 2.46. The second kappa shape index (κ2) is 6.64. The standard InChI is InChI=1S/C17H18FN3O4/c1-25-11-17(16(23)24)7-9-20(10-17)15(22)13-6-8-21(19-13)14-5-3-2-4-12(14)18/h2-6,8H,7,9-11H2,1H3,(H,23,24). The van der Waals surface area contributed by atoms with Crippen LogP contribution >= 0.6 is 0 Å². The van der Waals surface area contributed by atoms with Gasteiger partial charge in [0.15, 0.2) is 5.69 Å². The normalized spacial score (nSPS) is 20.0. The Hall–Kier alpha value is -2.74. The molecular formula is C17H18FN3O4. The number of amides is 1. The topological polar surface area (TPSA) is 84.7 Å². The Labute approximate surface area is 143 Å². The van der Waals surface area contributed by atoms with Crippen LogP contribution in [0.2, 0.25) is 0 Å². The highest BCUT2D eigenvalue weighted by molar-refractivity contribution is 5.93. The molecule has 0 saturated carbocycles. The zero-order chi connectivity index (χ0) is 18.0. The average molecular weight is 347 g/mol. The number of para-hydroxylation sites is 1. The molecule has 1 saturated heterocycles. The molecule has 0 spiro atoms. The van der Waals surface area contributed by atoms with Crippen molar-refractivity contribution < 1.29 is 23.8 Å². The third-order valence-electron chi connectivity index (χ3n) is 4.42. The maximum absolute atomic E-state index is 13.8. The van der Waals surface area contributed by atoms with Gasteiger partial charge >= 0.3 is 5.97 Å². The summed E-state index contributed by atoms with van der Waals surface area (Å²) in [7, 11) is 1.44. The van der Waals surface area contributed by atoms with Crippen LogP contribution < -0.4 is 0 Å². The zero-order valence-corrected chi connectivity index (χ0v) is 13.7. The quantitative estimate of drug-likeness (QED) is 0.888. The Kier molecular flexibility index (Phi) is 4.54. The number of aliphatic carboxylic acids is 1. The van der Waals surface area contributed by atoms with Crippen LogP contribution in [0.5, 0.6) is 0 Å². The van der Waals surface area contributed by atoms with Gasteiger partial charge in [-0.1, -0.05) is 12.1 Å². The third-order valence-corrected chi connectivity index (χ3v) is 4.42. The molecule has 1 aromatic heterocycles. The fraction of sp³-hybridized carbons (Fsp3) is 0.353. The van der Waals surface area contributed by atoms with E-state index in [0.29, 0.717) is 13.0 Å². The highest BCUT2D eigenvalue weighted by atomic mass is 19.1. The van der Waals surface area contributed by atoms with E-state index in [4.69, 9.17) is 4.74 Å².